The van der Waals surface area contributed by atoms with Crippen LogP contribution in [-0.4, -0.2) is 9.97 Å². The fourth-order valence-electron chi connectivity index (χ4n) is 1.17. The van der Waals surface area contributed by atoms with Crippen molar-refractivity contribution in [2.45, 2.75) is 6.18 Å². The summed E-state index contributed by atoms with van der Waals surface area (Å²) in [5.74, 6) is -0.00183. The van der Waals surface area contributed by atoms with Crippen LogP contribution in [0, 0.1) is 0 Å². The van der Waals surface area contributed by atoms with Crippen LogP contribution in [0.3, 0.4) is 0 Å². The predicted molar refractivity (Wildman–Crippen MR) is 64.8 cm³/mol. The van der Waals surface area contributed by atoms with E-state index in [4.69, 9.17) is 28.9 Å². The van der Waals surface area contributed by atoms with E-state index in [-0.39, 0.29) is 26.4 Å². The van der Waals surface area contributed by atoms with Gasteiger partial charge in [0, 0.05) is 6.20 Å². The topological polar surface area (TPSA) is 51.8 Å². The molecule has 18 heavy (non-hydrogen) atoms. The number of halogens is 5. The fraction of sp³-hybridized carbons (Fsp3) is 0.111. The molecule has 0 fully saturated rings. The van der Waals surface area contributed by atoms with Gasteiger partial charge in [-0.15, -0.1) is 11.3 Å². The molecule has 0 aromatic carbocycles. The molecule has 0 bridgehead atoms. The van der Waals surface area contributed by atoms with E-state index in [1.54, 1.807) is 0 Å². The van der Waals surface area contributed by atoms with Crippen molar-refractivity contribution in [1.82, 2.24) is 9.97 Å². The molecule has 0 saturated heterocycles. The first kappa shape index (κ1) is 13.4. The summed E-state index contributed by atoms with van der Waals surface area (Å²) in [5.41, 5.74) is 5.61. The number of nitrogens with two attached hydrogens (primary N) is 1. The zero-order valence-electron chi connectivity index (χ0n) is 8.42. The Kier molecular flexibility index (Phi) is 3.39. The second-order valence-electron chi connectivity index (χ2n) is 3.21. The van der Waals surface area contributed by atoms with E-state index in [9.17, 15) is 13.2 Å². The maximum atomic E-state index is 12.4. The summed E-state index contributed by atoms with van der Waals surface area (Å²) in [5, 5.41) is -0.709. The molecule has 0 atom stereocenters. The first-order chi connectivity index (χ1) is 8.29. The van der Waals surface area contributed by atoms with Gasteiger partial charge in [-0.05, 0) is 6.07 Å². The van der Waals surface area contributed by atoms with E-state index >= 15 is 0 Å². The first-order valence-corrected chi connectivity index (χ1v) is 6.01. The van der Waals surface area contributed by atoms with Gasteiger partial charge in [0.2, 0.25) is 0 Å². The number of rotatable bonds is 1. The number of thiazole rings is 1. The summed E-state index contributed by atoms with van der Waals surface area (Å²) in [4.78, 5) is 7.31. The van der Waals surface area contributed by atoms with Gasteiger partial charge in [-0.25, -0.2) is 9.97 Å². The van der Waals surface area contributed by atoms with E-state index < -0.39 is 11.2 Å². The summed E-state index contributed by atoms with van der Waals surface area (Å²) >= 11 is 12.0. The molecule has 2 heterocycles. The molecule has 2 rings (SSSR count). The zero-order chi connectivity index (χ0) is 13.5. The quantitative estimate of drug-likeness (QED) is 0.861. The van der Waals surface area contributed by atoms with Crippen LogP contribution in [0.25, 0.3) is 10.6 Å². The fourth-order valence-corrected chi connectivity index (χ4v) is 2.47. The summed E-state index contributed by atoms with van der Waals surface area (Å²) in [6.07, 6.45) is -3.44. The van der Waals surface area contributed by atoms with E-state index in [1.807, 2.05) is 0 Å². The van der Waals surface area contributed by atoms with E-state index in [1.165, 1.54) is 6.07 Å². The molecule has 3 nitrogen and oxygen atoms in total. The van der Waals surface area contributed by atoms with E-state index in [2.05, 4.69) is 9.97 Å². The van der Waals surface area contributed by atoms with Crippen molar-refractivity contribution in [2.24, 2.45) is 0 Å². The van der Waals surface area contributed by atoms with Crippen molar-refractivity contribution in [1.29, 1.82) is 0 Å². The van der Waals surface area contributed by atoms with Crippen molar-refractivity contribution < 1.29 is 13.2 Å². The standard InChI is InChI=1S/C9H4Cl2F3N3S/c10-3-1-4(11)7(15)17-6(3)5-2-16-8(18-5)9(12,13)14/h1-2H,(H2,15,17). The summed E-state index contributed by atoms with van der Waals surface area (Å²) in [6, 6.07) is 1.33. The number of aromatic nitrogens is 2. The molecule has 2 aromatic heterocycles. The Balaban J connectivity index is 2.50. The van der Waals surface area contributed by atoms with Gasteiger partial charge >= 0.3 is 6.18 Å². The maximum absolute atomic E-state index is 12.4. The van der Waals surface area contributed by atoms with Crippen LogP contribution >= 0.6 is 34.5 Å². The van der Waals surface area contributed by atoms with Gasteiger partial charge < -0.3 is 5.73 Å². The molecule has 0 amide bonds. The Labute approximate surface area is 113 Å². The number of nitrogens with zero attached hydrogens (tertiary/aromatic N) is 2. The minimum absolute atomic E-state index is 0.00183. The van der Waals surface area contributed by atoms with Crippen LogP contribution in [0.2, 0.25) is 10.0 Å². The van der Waals surface area contributed by atoms with Gasteiger partial charge in [0.1, 0.15) is 11.5 Å². The van der Waals surface area contributed by atoms with Gasteiger partial charge in [-0.3, -0.25) is 0 Å². The summed E-state index contributed by atoms with van der Waals surface area (Å²) in [6.45, 7) is 0. The molecule has 2 aromatic rings. The van der Waals surface area contributed by atoms with Crippen LogP contribution in [0.1, 0.15) is 5.01 Å². The van der Waals surface area contributed by atoms with Gasteiger partial charge in [0.25, 0.3) is 0 Å². The smallest absolute Gasteiger partial charge is 0.382 e. The first-order valence-electron chi connectivity index (χ1n) is 4.44. The lowest BCUT2D eigenvalue weighted by Gasteiger charge is -2.03. The van der Waals surface area contributed by atoms with Crippen molar-refractivity contribution in [3.05, 3.63) is 27.3 Å². The molecule has 0 aliphatic carbocycles. The lowest BCUT2D eigenvalue weighted by atomic mass is 10.3. The summed E-state index contributed by atoms with van der Waals surface area (Å²) in [7, 11) is 0. The molecule has 0 saturated carbocycles. The van der Waals surface area contributed by atoms with Crippen LogP contribution in [0.4, 0.5) is 19.0 Å². The molecule has 2 N–H and O–H groups in total. The monoisotopic (exact) mass is 313 g/mol. The molecule has 9 heteroatoms. The van der Waals surface area contributed by atoms with Gasteiger partial charge in [0.05, 0.1) is 14.9 Å². The van der Waals surface area contributed by atoms with Crippen LogP contribution in [0.5, 0.6) is 0 Å². The van der Waals surface area contributed by atoms with Crippen molar-refractivity contribution in [3.8, 4) is 10.6 Å². The van der Waals surface area contributed by atoms with Crippen molar-refractivity contribution >= 4 is 40.4 Å². The Morgan fingerprint density at radius 1 is 1.22 bits per heavy atom. The van der Waals surface area contributed by atoms with Gasteiger partial charge in [0.15, 0.2) is 5.01 Å². The van der Waals surface area contributed by atoms with Crippen molar-refractivity contribution in [2.75, 3.05) is 5.73 Å². The maximum Gasteiger partial charge on any atom is 0.443 e. The Hall–Kier alpha value is -1.05. The highest BCUT2D eigenvalue weighted by Gasteiger charge is 2.35. The highest BCUT2D eigenvalue weighted by Crippen LogP contribution is 2.38. The van der Waals surface area contributed by atoms with Gasteiger partial charge in [-0.2, -0.15) is 13.2 Å². The predicted octanol–water partition coefficient (Wildman–Crippen LogP) is 4.11. The normalized spacial score (nSPS) is 11.8. The van der Waals surface area contributed by atoms with Crippen LogP contribution in [-0.2, 0) is 6.18 Å². The van der Waals surface area contributed by atoms with Crippen LogP contribution in [0.15, 0.2) is 12.3 Å². The third kappa shape index (κ3) is 2.52. The van der Waals surface area contributed by atoms with Crippen LogP contribution < -0.4 is 5.73 Å². The second-order valence-corrected chi connectivity index (χ2v) is 5.06. The number of alkyl halides is 3. The minimum Gasteiger partial charge on any atom is -0.382 e. The number of pyridine rings is 1. The molecule has 0 unspecified atom stereocenters. The molecule has 96 valence electrons. The lowest BCUT2D eigenvalue weighted by molar-refractivity contribution is -0.137. The van der Waals surface area contributed by atoms with E-state index in [0.717, 1.165) is 6.20 Å². The Morgan fingerprint density at radius 3 is 2.44 bits per heavy atom. The highest BCUT2D eigenvalue weighted by molar-refractivity contribution is 7.15. The van der Waals surface area contributed by atoms with E-state index in [0.29, 0.717) is 11.3 Å². The third-order valence-electron chi connectivity index (χ3n) is 1.94. The highest BCUT2D eigenvalue weighted by atomic mass is 35.5. The van der Waals surface area contributed by atoms with Gasteiger partial charge in [-0.1, -0.05) is 23.2 Å². The molecule has 0 aliphatic heterocycles. The average Bonchev–Trinajstić information content (AvgIpc) is 2.72. The largest absolute Gasteiger partial charge is 0.443 e. The molecular formula is C9H4Cl2F3N3S. The molecule has 0 spiro atoms. The third-order valence-corrected chi connectivity index (χ3v) is 3.58. The number of anilines is 1. The molecular weight excluding hydrogens is 310 g/mol. The minimum atomic E-state index is -4.49. The average molecular weight is 314 g/mol. The Morgan fingerprint density at radius 2 is 1.89 bits per heavy atom. The summed E-state index contributed by atoms with van der Waals surface area (Å²) < 4.78 is 37.2. The Bertz CT molecular complexity index is 597. The van der Waals surface area contributed by atoms with Crippen molar-refractivity contribution in [3.63, 3.8) is 0 Å². The number of nitrogen functional groups attached to an aromatic ring is 1. The molecule has 0 radical (unpaired) electrons. The zero-order valence-corrected chi connectivity index (χ0v) is 10.8. The lowest BCUT2D eigenvalue weighted by Crippen LogP contribution is -2.02. The second kappa shape index (κ2) is 4.56. The SMILES string of the molecule is Nc1nc(-c2cnc(C(F)(F)F)s2)c(Cl)cc1Cl. The molecule has 0 aliphatic rings. The number of hydrogen-bond acceptors (Lipinski definition) is 4. The number of hydrogen-bond donors (Lipinski definition) is 1.